The Morgan fingerprint density at radius 2 is 2.06 bits per heavy atom. The zero-order valence-corrected chi connectivity index (χ0v) is 11.2. The number of benzene rings is 1. The van der Waals surface area contributed by atoms with Gasteiger partial charge in [0.15, 0.2) is 0 Å². The predicted octanol–water partition coefficient (Wildman–Crippen LogP) is 3.16. The Hall–Kier alpha value is -1.69. The van der Waals surface area contributed by atoms with E-state index in [1.165, 1.54) is 25.7 Å². The first-order valence-corrected chi connectivity index (χ1v) is 6.66. The Labute approximate surface area is 109 Å². The van der Waals surface area contributed by atoms with Gasteiger partial charge in [0.2, 0.25) is 0 Å². The molecule has 18 heavy (non-hydrogen) atoms. The first-order valence-electron chi connectivity index (χ1n) is 6.66. The Balaban J connectivity index is 2.22. The van der Waals surface area contributed by atoms with E-state index in [0.29, 0.717) is 23.2 Å². The fraction of sp³-hybridized carbons (Fsp3) is 0.533. The van der Waals surface area contributed by atoms with Crippen molar-refractivity contribution in [3.05, 3.63) is 23.8 Å². The molecule has 0 aliphatic heterocycles. The van der Waals surface area contributed by atoms with E-state index in [-0.39, 0.29) is 0 Å². The zero-order valence-electron chi connectivity index (χ0n) is 11.2. The molecule has 2 N–H and O–H groups in total. The third-order valence-corrected chi connectivity index (χ3v) is 4.10. The minimum Gasteiger partial charge on any atom is -0.397 e. The number of hydrogen-bond donors (Lipinski definition) is 1. The summed E-state index contributed by atoms with van der Waals surface area (Å²) in [6, 6.07) is 8.26. The molecule has 2 atom stereocenters. The predicted molar refractivity (Wildman–Crippen MR) is 75.4 cm³/mol. The molecule has 3 heteroatoms. The van der Waals surface area contributed by atoms with E-state index in [2.05, 4.69) is 24.9 Å². The maximum absolute atomic E-state index is 8.86. The molecule has 0 bridgehead atoms. The highest BCUT2D eigenvalue weighted by Gasteiger charge is 2.25. The first-order chi connectivity index (χ1) is 8.63. The normalized spacial score (nSPS) is 23.4. The van der Waals surface area contributed by atoms with E-state index in [0.717, 1.165) is 5.69 Å². The van der Waals surface area contributed by atoms with E-state index in [1.807, 2.05) is 12.1 Å². The molecule has 2 unspecified atom stereocenters. The van der Waals surface area contributed by atoms with Crippen molar-refractivity contribution in [3.8, 4) is 6.07 Å². The maximum atomic E-state index is 8.86. The van der Waals surface area contributed by atoms with Gasteiger partial charge in [0.25, 0.3) is 0 Å². The molecule has 3 nitrogen and oxygen atoms in total. The molecule has 1 aromatic carbocycles. The summed E-state index contributed by atoms with van der Waals surface area (Å²) in [4.78, 5) is 2.29. The Morgan fingerprint density at radius 3 is 2.67 bits per heavy atom. The topological polar surface area (TPSA) is 53.0 Å². The van der Waals surface area contributed by atoms with Crippen molar-refractivity contribution in [2.24, 2.45) is 5.92 Å². The molecular formula is C15H21N3. The molecule has 1 saturated carbocycles. The molecule has 1 fully saturated rings. The largest absolute Gasteiger partial charge is 0.397 e. The van der Waals surface area contributed by atoms with Gasteiger partial charge in [-0.15, -0.1) is 0 Å². The molecule has 0 amide bonds. The van der Waals surface area contributed by atoms with Crippen LogP contribution in [0.1, 0.15) is 38.2 Å². The van der Waals surface area contributed by atoms with E-state index in [9.17, 15) is 0 Å². The molecule has 0 saturated heterocycles. The van der Waals surface area contributed by atoms with Crippen LogP contribution in [0.4, 0.5) is 11.4 Å². The van der Waals surface area contributed by atoms with Gasteiger partial charge in [-0.3, -0.25) is 0 Å². The number of anilines is 2. The van der Waals surface area contributed by atoms with Crippen molar-refractivity contribution in [1.82, 2.24) is 0 Å². The van der Waals surface area contributed by atoms with Crippen LogP contribution >= 0.6 is 0 Å². The molecule has 0 spiro atoms. The maximum Gasteiger partial charge on any atom is 0.0992 e. The van der Waals surface area contributed by atoms with Gasteiger partial charge in [0.05, 0.1) is 23.0 Å². The summed E-state index contributed by atoms with van der Waals surface area (Å²) in [5.41, 5.74) is 8.44. The average Bonchev–Trinajstić information content (AvgIpc) is 2.38. The SMILES string of the molecule is CC1CCCCC1N(C)c1ccc(C#N)cc1N. The lowest BCUT2D eigenvalue weighted by molar-refractivity contribution is 0.322. The van der Waals surface area contributed by atoms with Gasteiger partial charge in [-0.05, 0) is 37.0 Å². The molecule has 0 heterocycles. The van der Waals surface area contributed by atoms with Crippen LogP contribution < -0.4 is 10.6 Å². The van der Waals surface area contributed by atoms with Crippen LogP contribution in [0.25, 0.3) is 0 Å². The van der Waals surface area contributed by atoms with Crippen LogP contribution in [0.5, 0.6) is 0 Å². The summed E-state index contributed by atoms with van der Waals surface area (Å²) < 4.78 is 0. The number of nitrogen functional groups attached to an aromatic ring is 1. The highest BCUT2D eigenvalue weighted by molar-refractivity contribution is 5.69. The minimum absolute atomic E-state index is 0.564. The average molecular weight is 243 g/mol. The highest BCUT2D eigenvalue weighted by atomic mass is 15.1. The van der Waals surface area contributed by atoms with E-state index in [1.54, 1.807) is 6.07 Å². The summed E-state index contributed by atoms with van der Waals surface area (Å²) in [7, 11) is 2.12. The van der Waals surface area contributed by atoms with Crippen molar-refractivity contribution < 1.29 is 0 Å². The van der Waals surface area contributed by atoms with Crippen molar-refractivity contribution >= 4 is 11.4 Å². The van der Waals surface area contributed by atoms with Crippen LogP contribution in [0.3, 0.4) is 0 Å². The monoisotopic (exact) mass is 243 g/mol. The second-order valence-electron chi connectivity index (χ2n) is 5.33. The Morgan fingerprint density at radius 1 is 1.33 bits per heavy atom. The van der Waals surface area contributed by atoms with Crippen molar-refractivity contribution in [2.45, 2.75) is 38.6 Å². The van der Waals surface area contributed by atoms with Crippen LogP contribution in [-0.4, -0.2) is 13.1 Å². The summed E-state index contributed by atoms with van der Waals surface area (Å²) in [5, 5.41) is 8.86. The van der Waals surface area contributed by atoms with E-state index >= 15 is 0 Å². The summed E-state index contributed by atoms with van der Waals surface area (Å²) in [6.07, 6.45) is 5.17. The lowest BCUT2D eigenvalue weighted by Gasteiger charge is -2.38. The fourth-order valence-electron chi connectivity index (χ4n) is 3.00. The molecular weight excluding hydrogens is 222 g/mol. The minimum atomic E-state index is 0.564. The van der Waals surface area contributed by atoms with Crippen LogP contribution in [0.15, 0.2) is 18.2 Å². The number of hydrogen-bond acceptors (Lipinski definition) is 3. The molecule has 0 radical (unpaired) electrons. The summed E-state index contributed by atoms with van der Waals surface area (Å²) in [5.74, 6) is 0.707. The van der Waals surface area contributed by atoms with Gasteiger partial charge < -0.3 is 10.6 Å². The highest BCUT2D eigenvalue weighted by Crippen LogP contribution is 2.33. The van der Waals surface area contributed by atoms with Crippen LogP contribution in [0.2, 0.25) is 0 Å². The van der Waals surface area contributed by atoms with Gasteiger partial charge in [0, 0.05) is 13.1 Å². The lowest BCUT2D eigenvalue weighted by Crippen LogP contribution is -2.39. The smallest absolute Gasteiger partial charge is 0.0992 e. The molecule has 1 aromatic rings. The molecule has 2 rings (SSSR count). The number of rotatable bonds is 2. The van der Waals surface area contributed by atoms with Gasteiger partial charge >= 0.3 is 0 Å². The third kappa shape index (κ3) is 2.43. The Bertz CT molecular complexity index is 461. The number of nitriles is 1. The van der Waals surface area contributed by atoms with Gasteiger partial charge in [-0.25, -0.2) is 0 Å². The van der Waals surface area contributed by atoms with Gasteiger partial charge in [-0.1, -0.05) is 19.8 Å². The van der Waals surface area contributed by atoms with Crippen molar-refractivity contribution in [2.75, 3.05) is 17.7 Å². The van der Waals surface area contributed by atoms with Gasteiger partial charge in [-0.2, -0.15) is 5.26 Å². The molecule has 0 aromatic heterocycles. The second-order valence-corrected chi connectivity index (χ2v) is 5.33. The quantitative estimate of drug-likeness (QED) is 0.812. The standard InChI is InChI=1S/C15H21N3/c1-11-5-3-4-6-14(11)18(2)15-8-7-12(10-16)9-13(15)17/h7-9,11,14H,3-6,17H2,1-2H3. The summed E-state index contributed by atoms with van der Waals surface area (Å²) in [6.45, 7) is 2.32. The molecule has 1 aliphatic rings. The third-order valence-electron chi connectivity index (χ3n) is 4.10. The van der Waals surface area contributed by atoms with E-state index < -0.39 is 0 Å². The van der Waals surface area contributed by atoms with Crippen LogP contribution in [0, 0.1) is 17.2 Å². The Kier molecular flexibility index (Phi) is 3.76. The van der Waals surface area contributed by atoms with Crippen molar-refractivity contribution in [1.29, 1.82) is 5.26 Å². The van der Waals surface area contributed by atoms with E-state index in [4.69, 9.17) is 11.0 Å². The van der Waals surface area contributed by atoms with Gasteiger partial charge in [0.1, 0.15) is 0 Å². The zero-order chi connectivity index (χ0) is 13.1. The first kappa shape index (κ1) is 12.8. The van der Waals surface area contributed by atoms with Crippen LogP contribution in [-0.2, 0) is 0 Å². The molecule has 1 aliphatic carbocycles. The molecule has 96 valence electrons. The fourth-order valence-corrected chi connectivity index (χ4v) is 3.00. The number of nitrogens with two attached hydrogens (primary N) is 1. The van der Waals surface area contributed by atoms with Crippen molar-refractivity contribution in [3.63, 3.8) is 0 Å². The number of nitrogens with zero attached hydrogens (tertiary/aromatic N) is 2. The second kappa shape index (κ2) is 5.30. The lowest BCUT2D eigenvalue weighted by atomic mass is 9.85. The summed E-state index contributed by atoms with van der Waals surface area (Å²) >= 11 is 0.